The molecule has 0 amide bonds. The van der Waals surface area contributed by atoms with Gasteiger partial charge in [0.25, 0.3) is 0 Å². The fraction of sp³-hybridized carbons (Fsp3) is 0.692. The van der Waals surface area contributed by atoms with Gasteiger partial charge in [-0.05, 0) is 109 Å². The quantitative estimate of drug-likeness (QED) is 0.672. The van der Waals surface area contributed by atoms with Crippen LogP contribution in [0.4, 0.5) is 0 Å². The number of allylic oxidation sites excluding steroid dienone is 2. The first-order valence-corrected chi connectivity index (χ1v) is 11.5. The van der Waals surface area contributed by atoms with Crippen molar-refractivity contribution in [3.63, 3.8) is 0 Å². The molecule has 1 aromatic carbocycles. The van der Waals surface area contributed by atoms with Crippen molar-refractivity contribution in [2.24, 2.45) is 34.5 Å². The van der Waals surface area contributed by atoms with Gasteiger partial charge in [0.15, 0.2) is 0 Å². The van der Waals surface area contributed by atoms with E-state index in [0.717, 1.165) is 35.8 Å². The van der Waals surface area contributed by atoms with Crippen LogP contribution in [0.15, 0.2) is 30.3 Å². The SMILES string of the molecule is COc1ccc(C2=CC[C@@]3(C)[C@@H](CC[C@H]4[C@@H]3CC[C@]3(C)[C@@H](O)CC[C@@H]43)C2)cc1. The van der Waals surface area contributed by atoms with Gasteiger partial charge in [0.05, 0.1) is 13.2 Å². The van der Waals surface area contributed by atoms with Crippen LogP contribution in [0.1, 0.15) is 70.8 Å². The standard InChI is InChI=1S/C26H36O2/c1-25-14-12-18(17-4-7-20(28-3)8-5-17)16-19(25)6-9-21-22-10-11-24(27)26(22,2)15-13-23(21)25/h4-5,7-8,12,19,21-24,27H,6,9-11,13-16H2,1-3H3/t19-,21+,22-,23-,24-,25-,26-/m0/s1. The Kier molecular flexibility index (Phi) is 4.43. The van der Waals surface area contributed by atoms with Gasteiger partial charge in [0.1, 0.15) is 5.75 Å². The first-order chi connectivity index (χ1) is 13.5. The summed E-state index contributed by atoms with van der Waals surface area (Å²) in [6, 6.07) is 8.64. The summed E-state index contributed by atoms with van der Waals surface area (Å²) in [6.07, 6.45) is 12.6. The van der Waals surface area contributed by atoms with Crippen molar-refractivity contribution < 1.29 is 9.84 Å². The molecule has 0 saturated heterocycles. The average molecular weight is 381 g/mol. The second-order valence-electron chi connectivity index (χ2n) is 10.7. The second kappa shape index (κ2) is 6.62. The molecular formula is C26H36O2. The summed E-state index contributed by atoms with van der Waals surface area (Å²) in [4.78, 5) is 0. The first-order valence-electron chi connectivity index (χ1n) is 11.5. The number of ether oxygens (including phenoxy) is 1. The molecule has 5 rings (SSSR count). The lowest BCUT2D eigenvalue weighted by molar-refractivity contribution is -0.108. The molecule has 3 fully saturated rings. The summed E-state index contributed by atoms with van der Waals surface area (Å²) >= 11 is 0. The summed E-state index contributed by atoms with van der Waals surface area (Å²) in [6.45, 7) is 4.99. The summed E-state index contributed by atoms with van der Waals surface area (Å²) in [5.41, 5.74) is 3.57. The number of aliphatic hydroxyl groups is 1. The van der Waals surface area contributed by atoms with E-state index in [9.17, 15) is 5.11 Å². The van der Waals surface area contributed by atoms with Crippen molar-refractivity contribution in [2.75, 3.05) is 7.11 Å². The fourth-order valence-corrected chi connectivity index (χ4v) is 7.89. The van der Waals surface area contributed by atoms with Gasteiger partial charge in [-0.2, -0.15) is 0 Å². The Hall–Kier alpha value is -1.28. The summed E-state index contributed by atoms with van der Waals surface area (Å²) in [5, 5.41) is 10.7. The number of benzene rings is 1. The Morgan fingerprint density at radius 2 is 1.68 bits per heavy atom. The third-order valence-corrected chi connectivity index (χ3v) is 9.73. The zero-order valence-corrected chi connectivity index (χ0v) is 17.8. The van der Waals surface area contributed by atoms with Gasteiger partial charge in [-0.3, -0.25) is 0 Å². The van der Waals surface area contributed by atoms with E-state index in [1.165, 1.54) is 50.5 Å². The van der Waals surface area contributed by atoms with E-state index in [1.54, 1.807) is 12.7 Å². The minimum absolute atomic E-state index is 0.0584. The maximum Gasteiger partial charge on any atom is 0.118 e. The highest BCUT2D eigenvalue weighted by molar-refractivity contribution is 5.67. The third kappa shape index (κ3) is 2.63. The van der Waals surface area contributed by atoms with Crippen LogP contribution >= 0.6 is 0 Å². The van der Waals surface area contributed by atoms with E-state index in [2.05, 4.69) is 44.2 Å². The third-order valence-electron chi connectivity index (χ3n) is 9.73. The Bertz CT molecular complexity index is 765. The lowest BCUT2D eigenvalue weighted by Gasteiger charge is -2.59. The predicted molar refractivity (Wildman–Crippen MR) is 114 cm³/mol. The molecular weight excluding hydrogens is 344 g/mol. The van der Waals surface area contributed by atoms with Gasteiger partial charge in [-0.1, -0.05) is 32.1 Å². The highest BCUT2D eigenvalue weighted by Gasteiger charge is 2.59. The molecule has 0 heterocycles. The fourth-order valence-electron chi connectivity index (χ4n) is 7.89. The van der Waals surface area contributed by atoms with E-state index >= 15 is 0 Å². The molecule has 1 N–H and O–H groups in total. The highest BCUT2D eigenvalue weighted by Crippen LogP contribution is 2.66. The Morgan fingerprint density at radius 3 is 2.43 bits per heavy atom. The van der Waals surface area contributed by atoms with E-state index in [0.29, 0.717) is 5.41 Å². The van der Waals surface area contributed by atoms with Crippen LogP contribution in [-0.4, -0.2) is 18.3 Å². The predicted octanol–water partition coefficient (Wildman–Crippen LogP) is 6.09. The molecule has 0 unspecified atom stereocenters. The maximum absolute atomic E-state index is 10.7. The number of hydrogen-bond acceptors (Lipinski definition) is 2. The molecule has 4 aliphatic rings. The van der Waals surface area contributed by atoms with E-state index in [-0.39, 0.29) is 11.5 Å². The van der Waals surface area contributed by atoms with Crippen molar-refractivity contribution in [1.82, 2.24) is 0 Å². The minimum Gasteiger partial charge on any atom is -0.497 e. The van der Waals surface area contributed by atoms with Gasteiger partial charge >= 0.3 is 0 Å². The van der Waals surface area contributed by atoms with Gasteiger partial charge in [-0.25, -0.2) is 0 Å². The van der Waals surface area contributed by atoms with Crippen molar-refractivity contribution in [1.29, 1.82) is 0 Å². The highest BCUT2D eigenvalue weighted by atomic mass is 16.5. The molecule has 1 aromatic rings. The van der Waals surface area contributed by atoms with Gasteiger partial charge < -0.3 is 9.84 Å². The van der Waals surface area contributed by atoms with Crippen LogP contribution in [0, 0.1) is 34.5 Å². The van der Waals surface area contributed by atoms with Crippen molar-refractivity contribution in [3.8, 4) is 5.75 Å². The molecule has 7 atom stereocenters. The van der Waals surface area contributed by atoms with Crippen LogP contribution in [0.5, 0.6) is 5.75 Å². The Morgan fingerprint density at radius 1 is 0.929 bits per heavy atom. The van der Waals surface area contributed by atoms with Gasteiger partial charge in [0.2, 0.25) is 0 Å². The largest absolute Gasteiger partial charge is 0.497 e. The number of fused-ring (bicyclic) bond motifs is 5. The minimum atomic E-state index is -0.0584. The van der Waals surface area contributed by atoms with Gasteiger partial charge in [-0.15, -0.1) is 0 Å². The molecule has 0 aliphatic heterocycles. The van der Waals surface area contributed by atoms with Crippen LogP contribution in [0.25, 0.3) is 5.57 Å². The second-order valence-corrected chi connectivity index (χ2v) is 10.7. The van der Waals surface area contributed by atoms with Crippen LogP contribution in [-0.2, 0) is 0 Å². The molecule has 0 bridgehead atoms. The zero-order valence-electron chi connectivity index (χ0n) is 17.8. The molecule has 152 valence electrons. The lowest BCUT2D eigenvalue weighted by atomic mass is 9.45. The number of hydrogen-bond donors (Lipinski definition) is 1. The van der Waals surface area contributed by atoms with Gasteiger partial charge in [0, 0.05) is 0 Å². The van der Waals surface area contributed by atoms with E-state index in [4.69, 9.17) is 4.74 Å². The zero-order chi connectivity index (χ0) is 19.5. The lowest BCUT2D eigenvalue weighted by Crippen LogP contribution is -2.53. The van der Waals surface area contributed by atoms with Crippen molar-refractivity contribution in [2.45, 2.75) is 71.3 Å². The van der Waals surface area contributed by atoms with Crippen molar-refractivity contribution >= 4 is 5.57 Å². The molecule has 0 radical (unpaired) electrons. The molecule has 3 saturated carbocycles. The molecule has 28 heavy (non-hydrogen) atoms. The summed E-state index contributed by atoms with van der Waals surface area (Å²) in [5.74, 6) is 4.20. The molecule has 0 spiro atoms. The summed E-state index contributed by atoms with van der Waals surface area (Å²) < 4.78 is 5.33. The monoisotopic (exact) mass is 380 g/mol. The first kappa shape index (κ1) is 18.7. The smallest absolute Gasteiger partial charge is 0.118 e. The van der Waals surface area contributed by atoms with Crippen LogP contribution < -0.4 is 4.74 Å². The molecule has 2 nitrogen and oxygen atoms in total. The Labute approximate surface area is 170 Å². The molecule has 0 aromatic heterocycles. The van der Waals surface area contributed by atoms with Crippen LogP contribution in [0.3, 0.4) is 0 Å². The molecule has 4 aliphatic carbocycles. The number of methoxy groups -OCH3 is 1. The number of rotatable bonds is 2. The van der Waals surface area contributed by atoms with Crippen LogP contribution in [0.2, 0.25) is 0 Å². The average Bonchev–Trinajstić information content (AvgIpc) is 3.02. The Balaban J connectivity index is 1.40. The normalized spacial score (nSPS) is 44.9. The van der Waals surface area contributed by atoms with E-state index in [1.807, 2.05) is 0 Å². The van der Waals surface area contributed by atoms with E-state index < -0.39 is 0 Å². The molecule has 2 heteroatoms. The number of aliphatic hydroxyl groups excluding tert-OH is 1. The van der Waals surface area contributed by atoms with Crippen molar-refractivity contribution in [3.05, 3.63) is 35.9 Å². The summed E-state index contributed by atoms with van der Waals surface area (Å²) in [7, 11) is 1.73. The topological polar surface area (TPSA) is 29.5 Å². The maximum atomic E-state index is 10.7.